The first-order chi connectivity index (χ1) is 11.7. The molecule has 0 aliphatic heterocycles. The maximum absolute atomic E-state index is 12.5. The van der Waals surface area contributed by atoms with Gasteiger partial charge in [-0.3, -0.25) is 4.79 Å². The number of carbonyl (C=O) groups is 2. The van der Waals surface area contributed by atoms with Crippen molar-refractivity contribution in [1.82, 2.24) is 0 Å². The number of ether oxygens (including phenoxy) is 1. The molecule has 0 heterocycles. The van der Waals surface area contributed by atoms with Crippen LogP contribution in [0.15, 0.2) is 66.7 Å². The molecule has 3 aromatic rings. The molecule has 0 spiro atoms. The van der Waals surface area contributed by atoms with Crippen LogP contribution in [0.25, 0.3) is 10.8 Å². The van der Waals surface area contributed by atoms with Crippen molar-refractivity contribution < 1.29 is 14.3 Å². The van der Waals surface area contributed by atoms with E-state index in [-0.39, 0.29) is 12.4 Å². The normalized spacial score (nSPS) is 10.4. The van der Waals surface area contributed by atoms with Gasteiger partial charge in [-0.25, -0.2) is 4.79 Å². The molecule has 0 amide bonds. The van der Waals surface area contributed by atoms with Crippen LogP contribution in [-0.4, -0.2) is 25.4 Å². The Bertz CT molecular complexity index is 897. The molecule has 3 rings (SSSR count). The lowest BCUT2D eigenvalue weighted by Gasteiger charge is -2.09. The third kappa shape index (κ3) is 3.13. The number of anilines is 1. The van der Waals surface area contributed by atoms with Crippen LogP contribution in [0, 0.1) is 0 Å². The van der Waals surface area contributed by atoms with Crippen LogP contribution in [0.3, 0.4) is 0 Å². The van der Waals surface area contributed by atoms with Crippen molar-refractivity contribution in [3.63, 3.8) is 0 Å². The Kier molecular flexibility index (Phi) is 4.57. The first-order valence-electron chi connectivity index (χ1n) is 7.65. The van der Waals surface area contributed by atoms with Crippen LogP contribution in [-0.2, 0) is 4.74 Å². The summed E-state index contributed by atoms with van der Waals surface area (Å²) in [6, 6.07) is 20.2. The number of hydrogen-bond donors (Lipinski definition) is 1. The van der Waals surface area contributed by atoms with Gasteiger partial charge in [0, 0.05) is 18.3 Å². The quantitative estimate of drug-likeness (QED) is 0.572. The van der Waals surface area contributed by atoms with Gasteiger partial charge in [0.1, 0.15) is 0 Å². The molecule has 0 radical (unpaired) electrons. The van der Waals surface area contributed by atoms with Gasteiger partial charge < -0.3 is 10.1 Å². The number of Topliss-reactive ketones (excluding diaryl/α,β-unsaturated/α-hetero) is 1. The van der Waals surface area contributed by atoms with Gasteiger partial charge in [0.25, 0.3) is 0 Å². The number of ketones is 1. The van der Waals surface area contributed by atoms with Gasteiger partial charge in [0.15, 0.2) is 6.61 Å². The fraction of sp³-hybridized carbons (Fsp3) is 0.100. The Labute approximate surface area is 140 Å². The Morgan fingerprint density at radius 2 is 1.54 bits per heavy atom. The highest BCUT2D eigenvalue weighted by molar-refractivity contribution is 6.09. The third-order valence-electron chi connectivity index (χ3n) is 3.84. The average Bonchev–Trinajstić information content (AvgIpc) is 2.65. The molecule has 0 aliphatic rings. The number of fused-ring (bicyclic) bond motifs is 1. The molecule has 4 heteroatoms. The molecule has 0 saturated carbocycles. The Morgan fingerprint density at radius 3 is 2.38 bits per heavy atom. The van der Waals surface area contributed by atoms with Crippen molar-refractivity contribution in [2.75, 3.05) is 19.0 Å². The van der Waals surface area contributed by atoms with Gasteiger partial charge in [-0.2, -0.15) is 0 Å². The molecule has 0 aromatic heterocycles. The summed E-state index contributed by atoms with van der Waals surface area (Å²) in [7, 11) is 1.73. The Balaban J connectivity index is 1.77. The van der Waals surface area contributed by atoms with E-state index in [0.717, 1.165) is 10.8 Å². The number of nitrogens with one attached hydrogen (secondary N) is 1. The van der Waals surface area contributed by atoms with Crippen molar-refractivity contribution in [2.24, 2.45) is 0 Å². The topological polar surface area (TPSA) is 55.4 Å². The second-order valence-electron chi connectivity index (χ2n) is 5.32. The summed E-state index contributed by atoms with van der Waals surface area (Å²) in [6.07, 6.45) is 0. The smallest absolute Gasteiger partial charge is 0.340 e. The molecule has 24 heavy (non-hydrogen) atoms. The zero-order valence-electron chi connectivity index (χ0n) is 13.3. The third-order valence-corrected chi connectivity index (χ3v) is 3.84. The standard InChI is InChI=1S/C20H17NO3/c1-21-18-12-5-4-10-17(18)20(23)24-13-19(22)16-11-6-8-14-7-2-3-9-15(14)16/h2-12,21H,13H2,1H3. The number of benzene rings is 3. The molecule has 0 unspecified atom stereocenters. The molecule has 0 fully saturated rings. The van der Waals surface area contributed by atoms with Crippen LogP contribution < -0.4 is 5.32 Å². The van der Waals surface area contributed by atoms with Crippen LogP contribution in [0.1, 0.15) is 20.7 Å². The summed E-state index contributed by atoms with van der Waals surface area (Å²) >= 11 is 0. The number of hydrogen-bond acceptors (Lipinski definition) is 4. The highest BCUT2D eigenvalue weighted by atomic mass is 16.5. The lowest BCUT2D eigenvalue weighted by atomic mass is 10.0. The molecule has 120 valence electrons. The maximum atomic E-state index is 12.5. The average molecular weight is 319 g/mol. The SMILES string of the molecule is CNc1ccccc1C(=O)OCC(=O)c1cccc2ccccc12. The lowest BCUT2D eigenvalue weighted by molar-refractivity contribution is 0.0476. The largest absolute Gasteiger partial charge is 0.454 e. The van der Waals surface area contributed by atoms with E-state index in [1.165, 1.54) is 0 Å². The van der Waals surface area contributed by atoms with Gasteiger partial charge in [-0.1, -0.05) is 54.6 Å². The molecular weight excluding hydrogens is 302 g/mol. The number of esters is 1. The van der Waals surface area contributed by atoms with Crippen molar-refractivity contribution in [2.45, 2.75) is 0 Å². The zero-order valence-corrected chi connectivity index (χ0v) is 13.3. The van der Waals surface area contributed by atoms with Crippen molar-refractivity contribution >= 4 is 28.2 Å². The van der Waals surface area contributed by atoms with Crippen LogP contribution in [0.4, 0.5) is 5.69 Å². The summed E-state index contributed by atoms with van der Waals surface area (Å²) in [5, 5.41) is 4.77. The summed E-state index contributed by atoms with van der Waals surface area (Å²) < 4.78 is 5.21. The summed E-state index contributed by atoms with van der Waals surface area (Å²) in [4.78, 5) is 24.7. The van der Waals surface area contributed by atoms with Gasteiger partial charge in [0.05, 0.1) is 5.56 Å². The molecular formula is C20H17NO3. The Morgan fingerprint density at radius 1 is 0.875 bits per heavy atom. The van der Waals surface area contributed by atoms with Crippen LogP contribution >= 0.6 is 0 Å². The van der Waals surface area contributed by atoms with E-state index in [4.69, 9.17) is 4.74 Å². The predicted octanol–water partition coefficient (Wildman–Crippen LogP) is 3.92. The minimum Gasteiger partial charge on any atom is -0.454 e. The maximum Gasteiger partial charge on any atom is 0.340 e. The van der Waals surface area contributed by atoms with E-state index in [1.54, 1.807) is 31.3 Å². The van der Waals surface area contributed by atoms with Crippen LogP contribution in [0.5, 0.6) is 0 Å². The van der Waals surface area contributed by atoms with E-state index in [0.29, 0.717) is 16.8 Å². The lowest BCUT2D eigenvalue weighted by Crippen LogP contribution is -2.15. The van der Waals surface area contributed by atoms with Gasteiger partial charge in [-0.15, -0.1) is 0 Å². The zero-order chi connectivity index (χ0) is 16.9. The summed E-state index contributed by atoms with van der Waals surface area (Å²) in [5.74, 6) is -0.740. The van der Waals surface area contributed by atoms with Crippen molar-refractivity contribution in [1.29, 1.82) is 0 Å². The fourth-order valence-corrected chi connectivity index (χ4v) is 2.63. The molecule has 0 saturated heterocycles. The van der Waals surface area contributed by atoms with E-state index in [2.05, 4.69) is 5.32 Å². The first kappa shape index (κ1) is 15.7. The number of carbonyl (C=O) groups excluding carboxylic acids is 2. The second kappa shape index (κ2) is 6.96. The van der Waals surface area contributed by atoms with Crippen LogP contribution in [0.2, 0.25) is 0 Å². The number of rotatable bonds is 5. The predicted molar refractivity (Wildman–Crippen MR) is 94.5 cm³/mol. The molecule has 0 bridgehead atoms. The van der Waals surface area contributed by atoms with E-state index in [9.17, 15) is 9.59 Å². The van der Waals surface area contributed by atoms with E-state index < -0.39 is 5.97 Å². The van der Waals surface area contributed by atoms with Gasteiger partial charge in [-0.05, 0) is 22.9 Å². The fourth-order valence-electron chi connectivity index (χ4n) is 2.63. The van der Waals surface area contributed by atoms with Crippen molar-refractivity contribution in [3.05, 3.63) is 77.9 Å². The summed E-state index contributed by atoms with van der Waals surface area (Å²) in [5.41, 5.74) is 1.63. The van der Waals surface area contributed by atoms with Gasteiger partial charge in [0.2, 0.25) is 5.78 Å². The minimum absolute atomic E-state index is 0.220. The summed E-state index contributed by atoms with van der Waals surface area (Å²) in [6.45, 7) is -0.287. The van der Waals surface area contributed by atoms with Crippen molar-refractivity contribution in [3.8, 4) is 0 Å². The molecule has 1 N–H and O–H groups in total. The Hall–Kier alpha value is -3.14. The molecule has 3 aromatic carbocycles. The highest BCUT2D eigenvalue weighted by Gasteiger charge is 2.15. The first-order valence-corrected chi connectivity index (χ1v) is 7.65. The minimum atomic E-state index is -0.520. The monoisotopic (exact) mass is 319 g/mol. The van der Waals surface area contributed by atoms with E-state index in [1.807, 2.05) is 42.5 Å². The molecule has 4 nitrogen and oxygen atoms in total. The highest BCUT2D eigenvalue weighted by Crippen LogP contribution is 2.20. The van der Waals surface area contributed by atoms with E-state index >= 15 is 0 Å². The second-order valence-corrected chi connectivity index (χ2v) is 5.32. The molecule has 0 atom stereocenters. The van der Waals surface area contributed by atoms with Gasteiger partial charge >= 0.3 is 5.97 Å². The molecule has 0 aliphatic carbocycles. The number of para-hydroxylation sites is 1.